The first-order chi connectivity index (χ1) is 8.91. The number of aryl methyl sites for hydroxylation is 2. The molecule has 0 radical (unpaired) electrons. The first-order valence-corrected chi connectivity index (χ1v) is 7.05. The minimum Gasteiger partial charge on any atom is -0.204 e. The molecule has 0 bridgehead atoms. The van der Waals surface area contributed by atoms with Gasteiger partial charge in [-0.25, -0.2) is 8.78 Å². The molecule has 0 aromatic heterocycles. The minimum atomic E-state index is -0.935. The zero-order chi connectivity index (χ0) is 14.2. The molecule has 1 unspecified atom stereocenters. The fourth-order valence-electron chi connectivity index (χ4n) is 2.11. The maximum Gasteiger partial charge on any atom is 0.160 e. The lowest BCUT2D eigenvalue weighted by atomic mass is 9.96. The zero-order valence-electron chi connectivity index (χ0n) is 10.5. The molecule has 0 amide bonds. The quantitative estimate of drug-likeness (QED) is 0.482. The maximum atomic E-state index is 13.4. The smallest absolute Gasteiger partial charge is 0.160 e. The fourth-order valence-corrected chi connectivity index (χ4v) is 3.61. The summed E-state index contributed by atoms with van der Waals surface area (Å²) in [5, 5.41) is 0.212. The van der Waals surface area contributed by atoms with Crippen LogP contribution in [0.15, 0.2) is 30.3 Å². The molecule has 0 aliphatic rings. The Hall–Kier alpha value is -0.930. The fraction of sp³-hybridized carbons (Fsp3) is 0.200. The highest BCUT2D eigenvalue weighted by atomic mass is 79.9. The molecule has 0 heterocycles. The van der Waals surface area contributed by atoms with E-state index >= 15 is 0 Å². The van der Waals surface area contributed by atoms with Crippen molar-refractivity contribution in [3.8, 4) is 0 Å². The normalized spacial score (nSPS) is 12.5. The maximum absolute atomic E-state index is 13.4. The zero-order valence-corrected chi connectivity index (χ0v) is 12.8. The molecule has 4 heteroatoms. The Bertz CT molecular complexity index is 606. The molecule has 2 aromatic rings. The predicted octanol–water partition coefficient (Wildman–Crippen LogP) is 5.72. The van der Waals surface area contributed by atoms with Gasteiger partial charge in [-0.1, -0.05) is 45.7 Å². The Morgan fingerprint density at radius 1 is 1.05 bits per heavy atom. The molecule has 0 saturated carbocycles. The molecule has 2 rings (SSSR count). The number of hydrogen-bond acceptors (Lipinski definition) is 0. The second kappa shape index (κ2) is 5.59. The molecule has 0 aliphatic heterocycles. The van der Waals surface area contributed by atoms with Crippen molar-refractivity contribution in [2.24, 2.45) is 0 Å². The van der Waals surface area contributed by atoms with E-state index in [0.29, 0.717) is 5.56 Å². The Morgan fingerprint density at radius 3 is 2.16 bits per heavy atom. The van der Waals surface area contributed by atoms with E-state index in [1.54, 1.807) is 0 Å². The van der Waals surface area contributed by atoms with Gasteiger partial charge in [-0.2, -0.15) is 0 Å². The Morgan fingerprint density at radius 2 is 1.58 bits per heavy atom. The van der Waals surface area contributed by atoms with Crippen molar-refractivity contribution < 1.29 is 8.78 Å². The summed E-state index contributed by atoms with van der Waals surface area (Å²) in [6, 6.07) is 8.06. The van der Waals surface area contributed by atoms with Crippen LogP contribution >= 0.6 is 27.5 Å². The highest BCUT2D eigenvalue weighted by Crippen LogP contribution is 2.39. The molecule has 0 spiro atoms. The van der Waals surface area contributed by atoms with E-state index in [4.69, 9.17) is 11.6 Å². The standard InChI is InChI=1S/C15H12BrClF2/c1-8-4-3-5-9(2)14(8)15(16)10-6-12(18)13(19)7-11(10)17/h3-7,15H,1-2H3. The molecule has 100 valence electrons. The summed E-state index contributed by atoms with van der Waals surface area (Å²) in [6.07, 6.45) is 0. The lowest BCUT2D eigenvalue weighted by Crippen LogP contribution is -2.01. The molecular weight excluding hydrogens is 334 g/mol. The summed E-state index contributed by atoms with van der Waals surface area (Å²) in [5.41, 5.74) is 3.69. The van der Waals surface area contributed by atoms with Crippen LogP contribution in [0.3, 0.4) is 0 Å². The van der Waals surface area contributed by atoms with Crippen LogP contribution in [0, 0.1) is 25.5 Å². The van der Waals surface area contributed by atoms with Crippen LogP contribution in [0.25, 0.3) is 0 Å². The van der Waals surface area contributed by atoms with Crippen molar-refractivity contribution >= 4 is 27.5 Å². The van der Waals surface area contributed by atoms with Gasteiger partial charge in [0, 0.05) is 5.02 Å². The van der Waals surface area contributed by atoms with Crippen molar-refractivity contribution in [1.29, 1.82) is 0 Å². The van der Waals surface area contributed by atoms with Gasteiger partial charge in [0.25, 0.3) is 0 Å². The van der Waals surface area contributed by atoms with Crippen molar-refractivity contribution in [2.75, 3.05) is 0 Å². The summed E-state index contributed by atoms with van der Waals surface area (Å²) in [4.78, 5) is -0.267. The lowest BCUT2D eigenvalue weighted by molar-refractivity contribution is 0.507. The number of halogens is 4. The molecular formula is C15H12BrClF2. The van der Waals surface area contributed by atoms with Gasteiger partial charge in [0.05, 0.1) is 4.83 Å². The highest BCUT2D eigenvalue weighted by Gasteiger charge is 2.20. The lowest BCUT2D eigenvalue weighted by Gasteiger charge is -2.18. The summed E-state index contributed by atoms with van der Waals surface area (Å²) in [6.45, 7) is 3.95. The van der Waals surface area contributed by atoms with Crippen LogP contribution in [0.2, 0.25) is 5.02 Å². The van der Waals surface area contributed by atoms with Crippen molar-refractivity contribution in [3.05, 3.63) is 69.2 Å². The van der Waals surface area contributed by atoms with Gasteiger partial charge in [0.2, 0.25) is 0 Å². The Kier molecular flexibility index (Phi) is 4.26. The SMILES string of the molecule is Cc1cccc(C)c1C(Br)c1cc(F)c(F)cc1Cl. The number of benzene rings is 2. The molecule has 2 aromatic carbocycles. The van der Waals surface area contributed by atoms with Crippen LogP contribution < -0.4 is 0 Å². The van der Waals surface area contributed by atoms with Crippen LogP contribution in [0.5, 0.6) is 0 Å². The third-order valence-electron chi connectivity index (χ3n) is 3.11. The molecule has 0 nitrogen and oxygen atoms in total. The summed E-state index contributed by atoms with van der Waals surface area (Å²) in [7, 11) is 0. The van der Waals surface area contributed by atoms with E-state index in [-0.39, 0.29) is 9.85 Å². The van der Waals surface area contributed by atoms with E-state index in [1.807, 2.05) is 32.0 Å². The number of alkyl halides is 1. The van der Waals surface area contributed by atoms with Gasteiger partial charge < -0.3 is 0 Å². The average molecular weight is 346 g/mol. The first kappa shape index (κ1) is 14.5. The summed E-state index contributed by atoms with van der Waals surface area (Å²) < 4.78 is 26.5. The number of hydrogen-bond donors (Lipinski definition) is 0. The Labute approximate surface area is 124 Å². The van der Waals surface area contributed by atoms with E-state index in [0.717, 1.165) is 28.8 Å². The minimum absolute atomic E-state index is 0.212. The number of rotatable bonds is 2. The third-order valence-corrected chi connectivity index (χ3v) is 4.39. The van der Waals surface area contributed by atoms with Crippen molar-refractivity contribution in [3.63, 3.8) is 0 Å². The van der Waals surface area contributed by atoms with Gasteiger partial charge >= 0.3 is 0 Å². The molecule has 19 heavy (non-hydrogen) atoms. The molecule has 0 saturated heterocycles. The molecule has 1 atom stereocenters. The third kappa shape index (κ3) is 2.82. The van der Waals surface area contributed by atoms with Crippen LogP contribution in [0.1, 0.15) is 27.1 Å². The van der Waals surface area contributed by atoms with E-state index < -0.39 is 11.6 Å². The Balaban J connectivity index is 2.56. The molecule has 0 fully saturated rings. The van der Waals surface area contributed by atoms with Crippen LogP contribution in [-0.4, -0.2) is 0 Å². The van der Waals surface area contributed by atoms with Crippen LogP contribution in [0.4, 0.5) is 8.78 Å². The average Bonchev–Trinajstić information content (AvgIpc) is 2.33. The molecule has 0 N–H and O–H groups in total. The first-order valence-electron chi connectivity index (χ1n) is 5.76. The summed E-state index contributed by atoms with van der Waals surface area (Å²) in [5.74, 6) is -1.83. The van der Waals surface area contributed by atoms with Gasteiger partial charge in [0.15, 0.2) is 11.6 Å². The van der Waals surface area contributed by atoms with Crippen LogP contribution in [-0.2, 0) is 0 Å². The highest BCUT2D eigenvalue weighted by molar-refractivity contribution is 9.09. The van der Waals surface area contributed by atoms with Gasteiger partial charge in [0.1, 0.15) is 0 Å². The molecule has 0 aliphatic carbocycles. The van der Waals surface area contributed by atoms with Gasteiger partial charge in [-0.3, -0.25) is 0 Å². The van der Waals surface area contributed by atoms with Crippen molar-refractivity contribution in [1.82, 2.24) is 0 Å². The topological polar surface area (TPSA) is 0 Å². The van der Waals surface area contributed by atoms with Gasteiger partial charge in [-0.15, -0.1) is 0 Å². The van der Waals surface area contributed by atoms with E-state index in [2.05, 4.69) is 15.9 Å². The predicted molar refractivity (Wildman–Crippen MR) is 78.1 cm³/mol. The van der Waals surface area contributed by atoms with Gasteiger partial charge in [-0.05, 0) is 48.2 Å². The second-order valence-corrected chi connectivity index (χ2v) is 5.78. The van der Waals surface area contributed by atoms with E-state index in [9.17, 15) is 8.78 Å². The monoisotopic (exact) mass is 344 g/mol. The largest absolute Gasteiger partial charge is 0.204 e. The second-order valence-electron chi connectivity index (χ2n) is 4.46. The van der Waals surface area contributed by atoms with E-state index in [1.165, 1.54) is 0 Å². The van der Waals surface area contributed by atoms with Crippen molar-refractivity contribution in [2.45, 2.75) is 18.7 Å². The summed E-state index contributed by atoms with van der Waals surface area (Å²) >= 11 is 9.55.